The van der Waals surface area contributed by atoms with Crippen LogP contribution in [0.1, 0.15) is 39.8 Å². The van der Waals surface area contributed by atoms with Crippen LogP contribution in [-0.4, -0.2) is 42.4 Å². The van der Waals surface area contributed by atoms with E-state index in [0.717, 1.165) is 32.0 Å². The van der Waals surface area contributed by atoms with Crippen molar-refractivity contribution in [2.24, 2.45) is 5.92 Å². The Morgan fingerprint density at radius 2 is 2.00 bits per heavy atom. The quantitative estimate of drug-likeness (QED) is 0.424. The van der Waals surface area contributed by atoms with Crippen LogP contribution in [0.4, 0.5) is 11.4 Å². The molecule has 0 atom stereocenters. The van der Waals surface area contributed by atoms with Crippen LogP contribution >= 0.6 is 11.3 Å². The lowest BCUT2D eigenvalue weighted by Gasteiger charge is -2.33. The molecule has 1 N–H and O–H groups in total. The van der Waals surface area contributed by atoms with Crippen LogP contribution in [0.15, 0.2) is 35.7 Å². The number of non-ortho nitro benzene ring substituents is 1. The van der Waals surface area contributed by atoms with E-state index >= 15 is 0 Å². The normalized spacial score (nSPS) is 14.2. The highest BCUT2D eigenvalue weighted by molar-refractivity contribution is 7.12. The van der Waals surface area contributed by atoms with Gasteiger partial charge in [-0.3, -0.25) is 25.0 Å². The molecule has 1 fully saturated rings. The van der Waals surface area contributed by atoms with Crippen molar-refractivity contribution in [2.75, 3.05) is 24.6 Å². The Morgan fingerprint density at radius 3 is 2.63 bits per heavy atom. The number of amides is 2. The molecule has 3 rings (SSSR count). The number of imide groups is 1. The molecular formula is C20H21N3O6S. The van der Waals surface area contributed by atoms with E-state index in [1.165, 1.54) is 23.5 Å². The zero-order valence-electron chi connectivity index (χ0n) is 16.3. The van der Waals surface area contributed by atoms with E-state index in [1.807, 2.05) is 4.90 Å². The first kappa shape index (κ1) is 21.4. The molecule has 1 saturated heterocycles. The van der Waals surface area contributed by atoms with Crippen LogP contribution in [0.3, 0.4) is 0 Å². The van der Waals surface area contributed by atoms with E-state index in [4.69, 9.17) is 4.74 Å². The van der Waals surface area contributed by atoms with Gasteiger partial charge in [0.15, 0.2) is 6.61 Å². The molecular weight excluding hydrogens is 410 g/mol. The number of nitrogens with zero attached hydrogens (tertiary/aromatic N) is 2. The first-order valence-electron chi connectivity index (χ1n) is 9.43. The van der Waals surface area contributed by atoms with Gasteiger partial charge in [-0.25, -0.2) is 4.79 Å². The van der Waals surface area contributed by atoms with Gasteiger partial charge in [-0.1, -0.05) is 13.0 Å². The molecule has 1 aromatic heterocycles. The smallest absolute Gasteiger partial charge is 0.341 e. The van der Waals surface area contributed by atoms with Gasteiger partial charge in [0, 0.05) is 25.2 Å². The Kier molecular flexibility index (Phi) is 6.78. The van der Waals surface area contributed by atoms with E-state index in [2.05, 4.69) is 12.2 Å². The number of esters is 1. The lowest BCUT2D eigenvalue weighted by Crippen LogP contribution is -2.35. The predicted octanol–water partition coefficient (Wildman–Crippen LogP) is 3.01. The fourth-order valence-corrected chi connectivity index (χ4v) is 3.79. The van der Waals surface area contributed by atoms with Crippen LogP contribution in [0.25, 0.3) is 0 Å². The number of hydrogen-bond acceptors (Lipinski definition) is 8. The number of rotatable bonds is 6. The van der Waals surface area contributed by atoms with Crippen molar-refractivity contribution in [3.63, 3.8) is 0 Å². The van der Waals surface area contributed by atoms with Crippen LogP contribution < -0.4 is 10.2 Å². The molecule has 2 amide bonds. The van der Waals surface area contributed by atoms with E-state index in [-0.39, 0.29) is 11.3 Å². The summed E-state index contributed by atoms with van der Waals surface area (Å²) in [6, 6.07) is 7.27. The summed E-state index contributed by atoms with van der Waals surface area (Å²) in [4.78, 5) is 49.4. The maximum atomic E-state index is 12.6. The number of ether oxygens (including phenoxy) is 1. The second-order valence-electron chi connectivity index (χ2n) is 7.06. The summed E-state index contributed by atoms with van der Waals surface area (Å²) >= 11 is 1.18. The Labute approximate surface area is 176 Å². The summed E-state index contributed by atoms with van der Waals surface area (Å²) in [5.74, 6) is -1.64. The molecule has 1 aliphatic rings. The average Bonchev–Trinajstić information content (AvgIpc) is 3.27. The number of anilines is 1. The molecule has 0 bridgehead atoms. The highest BCUT2D eigenvalue weighted by atomic mass is 32.1. The molecule has 1 aliphatic heterocycles. The number of thiophene rings is 1. The summed E-state index contributed by atoms with van der Waals surface area (Å²) < 4.78 is 5.05. The number of carbonyl (C=O) groups is 3. The van der Waals surface area contributed by atoms with Gasteiger partial charge < -0.3 is 9.64 Å². The van der Waals surface area contributed by atoms with Crippen molar-refractivity contribution in [1.29, 1.82) is 0 Å². The van der Waals surface area contributed by atoms with Gasteiger partial charge in [0.2, 0.25) is 0 Å². The van der Waals surface area contributed by atoms with Crippen molar-refractivity contribution >= 4 is 40.5 Å². The Morgan fingerprint density at radius 1 is 1.27 bits per heavy atom. The lowest BCUT2D eigenvalue weighted by molar-refractivity contribution is -0.384. The Bertz CT molecular complexity index is 951. The molecule has 2 heterocycles. The monoisotopic (exact) mass is 431 g/mol. The number of nitrogens with one attached hydrogen (secondary N) is 1. The zero-order valence-corrected chi connectivity index (χ0v) is 17.1. The Balaban J connectivity index is 1.70. The summed E-state index contributed by atoms with van der Waals surface area (Å²) in [6.45, 7) is 2.91. The third kappa shape index (κ3) is 5.20. The van der Waals surface area contributed by atoms with Gasteiger partial charge in [0.1, 0.15) is 0 Å². The first-order chi connectivity index (χ1) is 14.3. The number of benzene rings is 1. The van der Waals surface area contributed by atoms with Crippen LogP contribution in [-0.2, 0) is 9.53 Å². The summed E-state index contributed by atoms with van der Waals surface area (Å²) in [7, 11) is 0. The highest BCUT2D eigenvalue weighted by Gasteiger charge is 2.25. The van der Waals surface area contributed by atoms with Crippen molar-refractivity contribution < 1.29 is 24.0 Å². The third-order valence-electron chi connectivity index (χ3n) is 4.87. The first-order valence-corrected chi connectivity index (χ1v) is 10.3. The molecule has 0 unspecified atom stereocenters. The lowest BCUT2D eigenvalue weighted by atomic mass is 9.98. The predicted molar refractivity (Wildman–Crippen MR) is 111 cm³/mol. The molecule has 0 saturated carbocycles. The summed E-state index contributed by atoms with van der Waals surface area (Å²) in [6.07, 6.45) is 1.89. The van der Waals surface area contributed by atoms with Crippen LogP contribution in [0.2, 0.25) is 0 Å². The molecule has 158 valence electrons. The van der Waals surface area contributed by atoms with Gasteiger partial charge in [-0.05, 0) is 36.3 Å². The number of nitro benzene ring substituents is 1. The molecule has 2 aromatic rings. The van der Waals surface area contributed by atoms with Crippen molar-refractivity contribution in [3.8, 4) is 0 Å². The maximum absolute atomic E-state index is 12.6. The second-order valence-corrected chi connectivity index (χ2v) is 8.01. The second kappa shape index (κ2) is 9.49. The minimum Gasteiger partial charge on any atom is -0.452 e. The Hall–Kier alpha value is -3.27. The van der Waals surface area contributed by atoms with Crippen LogP contribution in [0.5, 0.6) is 0 Å². The summed E-state index contributed by atoms with van der Waals surface area (Å²) in [5.41, 5.74) is 0.317. The SMILES string of the molecule is CC1CCN(c2ccc([N+](=O)[O-])cc2C(=O)OCC(=O)NC(=O)c2cccs2)CC1. The van der Waals surface area contributed by atoms with E-state index in [0.29, 0.717) is 16.5 Å². The number of carbonyl (C=O) groups excluding carboxylic acids is 3. The molecule has 9 nitrogen and oxygen atoms in total. The molecule has 30 heavy (non-hydrogen) atoms. The molecule has 0 radical (unpaired) electrons. The molecule has 10 heteroatoms. The largest absolute Gasteiger partial charge is 0.452 e. The average molecular weight is 431 g/mol. The van der Waals surface area contributed by atoms with Crippen LogP contribution in [0, 0.1) is 16.0 Å². The van der Waals surface area contributed by atoms with Crippen molar-refractivity contribution in [2.45, 2.75) is 19.8 Å². The summed E-state index contributed by atoms with van der Waals surface area (Å²) in [5, 5.41) is 15.0. The number of piperidine rings is 1. The van der Waals surface area contributed by atoms with Crippen molar-refractivity contribution in [1.82, 2.24) is 5.32 Å². The number of hydrogen-bond donors (Lipinski definition) is 1. The zero-order chi connectivity index (χ0) is 21.7. The molecule has 0 spiro atoms. The maximum Gasteiger partial charge on any atom is 0.341 e. The van der Waals surface area contributed by atoms with Gasteiger partial charge in [0.05, 0.1) is 21.1 Å². The topological polar surface area (TPSA) is 119 Å². The fourth-order valence-electron chi connectivity index (χ4n) is 3.17. The number of nitro groups is 1. The third-order valence-corrected chi connectivity index (χ3v) is 5.74. The molecule has 0 aliphatic carbocycles. The van der Waals surface area contributed by atoms with Crippen molar-refractivity contribution in [3.05, 3.63) is 56.3 Å². The van der Waals surface area contributed by atoms with E-state index in [9.17, 15) is 24.5 Å². The molecule has 1 aromatic carbocycles. The minimum absolute atomic E-state index is 0.0242. The standard InChI is InChI=1S/C20H21N3O6S/c1-13-6-8-22(9-7-13)16-5-4-14(23(27)28)11-15(16)20(26)29-12-18(24)21-19(25)17-3-2-10-30-17/h2-5,10-11,13H,6-9,12H2,1H3,(H,21,24,25). The minimum atomic E-state index is -0.856. The highest BCUT2D eigenvalue weighted by Crippen LogP contribution is 2.29. The van der Waals surface area contributed by atoms with E-state index < -0.39 is 29.3 Å². The van der Waals surface area contributed by atoms with Gasteiger partial charge in [0.25, 0.3) is 17.5 Å². The fraction of sp³-hybridized carbons (Fsp3) is 0.350. The van der Waals surface area contributed by atoms with Gasteiger partial charge in [-0.15, -0.1) is 11.3 Å². The van der Waals surface area contributed by atoms with Gasteiger partial charge >= 0.3 is 5.97 Å². The van der Waals surface area contributed by atoms with Gasteiger partial charge in [-0.2, -0.15) is 0 Å². The van der Waals surface area contributed by atoms with E-state index in [1.54, 1.807) is 17.5 Å².